The van der Waals surface area contributed by atoms with Crippen LogP contribution in [-0.2, 0) is 0 Å². The molecule has 2 unspecified atom stereocenters. The Morgan fingerprint density at radius 2 is 2.05 bits per heavy atom. The first kappa shape index (κ1) is 13.3. The zero-order valence-electron chi connectivity index (χ0n) is 12.3. The van der Waals surface area contributed by atoms with Crippen LogP contribution in [0.4, 0.5) is 11.4 Å². The van der Waals surface area contributed by atoms with Gasteiger partial charge in [-0.1, -0.05) is 13.0 Å². The second kappa shape index (κ2) is 5.35. The predicted octanol–water partition coefficient (Wildman–Crippen LogP) is 2.78. The van der Waals surface area contributed by atoms with Gasteiger partial charge in [0.1, 0.15) is 0 Å². The highest BCUT2D eigenvalue weighted by molar-refractivity contribution is 6.03. The molecule has 0 aromatic heterocycles. The first-order chi connectivity index (χ1) is 9.66. The fraction of sp³-hybridized carbons (Fsp3) is 0.562. The first-order valence-electron chi connectivity index (χ1n) is 7.58. The van der Waals surface area contributed by atoms with Crippen LogP contribution in [0.3, 0.4) is 0 Å². The Balaban J connectivity index is 1.87. The average Bonchev–Trinajstić information content (AvgIpc) is 2.46. The summed E-state index contributed by atoms with van der Waals surface area (Å²) in [6.07, 6.45) is 2.21. The Morgan fingerprint density at radius 3 is 2.85 bits per heavy atom. The van der Waals surface area contributed by atoms with Crippen LogP contribution in [0.15, 0.2) is 18.2 Å². The number of nitrogens with one attached hydrogen (secondary N) is 2. The lowest BCUT2D eigenvalue weighted by Gasteiger charge is -2.37. The third-order valence-electron chi connectivity index (χ3n) is 4.44. The molecule has 1 saturated heterocycles. The molecule has 1 amide bonds. The highest BCUT2D eigenvalue weighted by Crippen LogP contribution is 2.31. The molecular formula is C16H23N3O. The SMILES string of the molecule is CC1CCN(C(=O)c2cccc3c2NCCN3)C(C)C1. The van der Waals surface area contributed by atoms with Crippen molar-refractivity contribution in [2.45, 2.75) is 32.7 Å². The summed E-state index contributed by atoms with van der Waals surface area (Å²) in [5, 5.41) is 6.71. The van der Waals surface area contributed by atoms with Crippen molar-refractivity contribution in [3.05, 3.63) is 23.8 Å². The number of anilines is 2. The summed E-state index contributed by atoms with van der Waals surface area (Å²) in [5.41, 5.74) is 2.81. The second-order valence-electron chi connectivity index (χ2n) is 6.06. The molecule has 20 heavy (non-hydrogen) atoms. The molecule has 0 radical (unpaired) electrons. The molecule has 0 saturated carbocycles. The number of benzene rings is 1. The quantitative estimate of drug-likeness (QED) is 0.827. The van der Waals surface area contributed by atoms with Gasteiger partial charge in [-0.25, -0.2) is 0 Å². The van der Waals surface area contributed by atoms with E-state index in [-0.39, 0.29) is 5.91 Å². The number of para-hydroxylation sites is 1. The number of likely N-dealkylation sites (tertiary alicyclic amines) is 1. The van der Waals surface area contributed by atoms with Gasteiger partial charge in [0.15, 0.2) is 0 Å². The molecule has 2 aliphatic heterocycles. The van der Waals surface area contributed by atoms with Crippen LogP contribution in [0.5, 0.6) is 0 Å². The minimum atomic E-state index is 0.164. The molecule has 0 aliphatic carbocycles. The minimum absolute atomic E-state index is 0.164. The number of hydrogen-bond donors (Lipinski definition) is 2. The van der Waals surface area contributed by atoms with Gasteiger partial charge in [0.05, 0.1) is 16.9 Å². The Labute approximate surface area is 120 Å². The monoisotopic (exact) mass is 273 g/mol. The van der Waals surface area contributed by atoms with Crippen molar-refractivity contribution in [1.82, 2.24) is 4.90 Å². The Morgan fingerprint density at radius 1 is 1.25 bits per heavy atom. The third kappa shape index (κ3) is 2.35. The van der Waals surface area contributed by atoms with Crippen LogP contribution in [0.2, 0.25) is 0 Å². The van der Waals surface area contributed by atoms with E-state index in [1.807, 2.05) is 23.1 Å². The third-order valence-corrected chi connectivity index (χ3v) is 4.44. The fourth-order valence-electron chi connectivity index (χ4n) is 3.32. The maximum atomic E-state index is 12.8. The Kier molecular flexibility index (Phi) is 3.55. The van der Waals surface area contributed by atoms with E-state index in [1.165, 1.54) is 0 Å². The average molecular weight is 273 g/mol. The summed E-state index contributed by atoms with van der Waals surface area (Å²) in [7, 11) is 0. The summed E-state index contributed by atoms with van der Waals surface area (Å²) in [4.78, 5) is 14.9. The van der Waals surface area contributed by atoms with Crippen LogP contribution < -0.4 is 10.6 Å². The lowest BCUT2D eigenvalue weighted by Crippen LogP contribution is -2.44. The summed E-state index contributed by atoms with van der Waals surface area (Å²) >= 11 is 0. The fourth-order valence-corrected chi connectivity index (χ4v) is 3.32. The highest BCUT2D eigenvalue weighted by Gasteiger charge is 2.29. The van der Waals surface area contributed by atoms with Gasteiger partial charge in [-0.15, -0.1) is 0 Å². The van der Waals surface area contributed by atoms with Crippen molar-refractivity contribution in [1.29, 1.82) is 0 Å². The molecule has 1 fully saturated rings. The van der Waals surface area contributed by atoms with E-state index >= 15 is 0 Å². The van der Waals surface area contributed by atoms with E-state index in [4.69, 9.17) is 0 Å². The van der Waals surface area contributed by atoms with E-state index in [1.54, 1.807) is 0 Å². The van der Waals surface area contributed by atoms with Gasteiger partial charge in [0.25, 0.3) is 5.91 Å². The van der Waals surface area contributed by atoms with Crippen molar-refractivity contribution in [2.24, 2.45) is 5.92 Å². The standard InChI is InChI=1S/C16H23N3O/c1-11-6-9-19(12(2)10-11)16(20)13-4-3-5-14-15(13)18-8-7-17-14/h3-5,11-12,17-18H,6-10H2,1-2H3. The van der Waals surface area contributed by atoms with Gasteiger partial charge in [-0.3, -0.25) is 4.79 Å². The lowest BCUT2D eigenvalue weighted by molar-refractivity contribution is 0.0589. The number of carbonyl (C=O) groups is 1. The van der Waals surface area contributed by atoms with Gasteiger partial charge in [-0.05, 0) is 37.8 Å². The minimum Gasteiger partial charge on any atom is -0.382 e. The first-order valence-corrected chi connectivity index (χ1v) is 7.58. The number of nitrogens with zero attached hydrogens (tertiary/aromatic N) is 1. The smallest absolute Gasteiger partial charge is 0.256 e. The molecular weight excluding hydrogens is 250 g/mol. The zero-order chi connectivity index (χ0) is 14.1. The molecule has 2 N–H and O–H groups in total. The molecule has 0 bridgehead atoms. The largest absolute Gasteiger partial charge is 0.382 e. The molecule has 1 aromatic carbocycles. The summed E-state index contributed by atoms with van der Waals surface area (Å²) in [5.74, 6) is 0.885. The molecule has 3 rings (SSSR count). The number of carbonyl (C=O) groups excluding carboxylic acids is 1. The Bertz CT molecular complexity index is 514. The molecule has 108 valence electrons. The summed E-state index contributed by atoms with van der Waals surface area (Å²) in [6.45, 7) is 7.08. The topological polar surface area (TPSA) is 44.4 Å². The van der Waals surface area contributed by atoms with E-state index < -0.39 is 0 Å². The Hall–Kier alpha value is -1.71. The number of fused-ring (bicyclic) bond motifs is 1. The second-order valence-corrected chi connectivity index (χ2v) is 6.06. The molecule has 2 heterocycles. The van der Waals surface area contributed by atoms with Crippen LogP contribution in [0.25, 0.3) is 0 Å². The number of piperidine rings is 1. The molecule has 0 spiro atoms. The molecule has 4 nitrogen and oxygen atoms in total. The zero-order valence-corrected chi connectivity index (χ0v) is 12.3. The predicted molar refractivity (Wildman–Crippen MR) is 82.3 cm³/mol. The van der Waals surface area contributed by atoms with Crippen molar-refractivity contribution in [3.8, 4) is 0 Å². The van der Waals surface area contributed by atoms with Crippen molar-refractivity contribution in [2.75, 3.05) is 30.3 Å². The van der Waals surface area contributed by atoms with Crippen LogP contribution in [0, 0.1) is 5.92 Å². The van der Waals surface area contributed by atoms with Crippen molar-refractivity contribution >= 4 is 17.3 Å². The van der Waals surface area contributed by atoms with Gasteiger partial charge in [0.2, 0.25) is 0 Å². The van der Waals surface area contributed by atoms with E-state index in [9.17, 15) is 4.79 Å². The van der Waals surface area contributed by atoms with Crippen molar-refractivity contribution < 1.29 is 4.79 Å². The molecule has 2 atom stereocenters. The molecule has 4 heteroatoms. The molecule has 1 aromatic rings. The van der Waals surface area contributed by atoms with Crippen LogP contribution in [-0.4, -0.2) is 36.5 Å². The maximum Gasteiger partial charge on any atom is 0.256 e. The van der Waals surface area contributed by atoms with Gasteiger partial charge in [0, 0.05) is 25.7 Å². The summed E-state index contributed by atoms with van der Waals surface area (Å²) < 4.78 is 0. The van der Waals surface area contributed by atoms with E-state index in [0.717, 1.165) is 55.3 Å². The highest BCUT2D eigenvalue weighted by atomic mass is 16.2. The van der Waals surface area contributed by atoms with Gasteiger partial charge < -0.3 is 15.5 Å². The van der Waals surface area contributed by atoms with E-state index in [2.05, 4.69) is 24.5 Å². The lowest BCUT2D eigenvalue weighted by atomic mass is 9.92. The van der Waals surface area contributed by atoms with Gasteiger partial charge >= 0.3 is 0 Å². The number of hydrogen-bond acceptors (Lipinski definition) is 3. The number of rotatable bonds is 1. The normalized spacial score (nSPS) is 25.4. The van der Waals surface area contributed by atoms with Gasteiger partial charge in [-0.2, -0.15) is 0 Å². The van der Waals surface area contributed by atoms with Crippen molar-refractivity contribution in [3.63, 3.8) is 0 Å². The number of amides is 1. The molecule has 2 aliphatic rings. The summed E-state index contributed by atoms with van der Waals surface area (Å²) in [6, 6.07) is 6.26. The van der Waals surface area contributed by atoms with Crippen LogP contribution in [0.1, 0.15) is 37.0 Å². The van der Waals surface area contributed by atoms with Crippen LogP contribution >= 0.6 is 0 Å². The maximum absolute atomic E-state index is 12.8. The van der Waals surface area contributed by atoms with E-state index in [0.29, 0.717) is 6.04 Å².